The first-order chi connectivity index (χ1) is 9.61. The largest absolute Gasteiger partial charge is 0.361 e. The Morgan fingerprint density at radius 1 is 1.19 bits per heavy atom. The first-order valence-electron chi connectivity index (χ1n) is 6.80. The molecular formula is C15H21Cl3N2O. The molecule has 21 heavy (non-hydrogen) atoms. The third kappa shape index (κ3) is 5.93. The molecule has 6 heteroatoms. The van der Waals surface area contributed by atoms with Crippen LogP contribution in [0.15, 0.2) is 18.2 Å². The predicted octanol–water partition coefficient (Wildman–Crippen LogP) is 4.57. The number of rotatable bonds is 5. The smallest absolute Gasteiger partial charge is 0.228 e. The Morgan fingerprint density at radius 2 is 1.71 bits per heavy atom. The highest BCUT2D eigenvalue weighted by Gasteiger charge is 2.34. The number of nitrogens with one attached hydrogen (secondary N) is 2. The summed E-state index contributed by atoms with van der Waals surface area (Å²) >= 11 is 18.0. The number of para-hydroxylation sites is 1. The third-order valence-corrected chi connectivity index (χ3v) is 3.65. The van der Waals surface area contributed by atoms with E-state index in [1.807, 2.05) is 45.9 Å². The molecule has 1 rings (SSSR count). The maximum Gasteiger partial charge on any atom is 0.228 e. The SMILES string of the molecule is Cc1cccc(C)c1N[C@H](NC(=O)CC(C)C)C(Cl)(Cl)Cl. The van der Waals surface area contributed by atoms with Gasteiger partial charge in [0.15, 0.2) is 0 Å². The highest BCUT2D eigenvalue weighted by Crippen LogP contribution is 2.32. The quantitative estimate of drug-likeness (QED) is 0.602. The second-order valence-electron chi connectivity index (χ2n) is 5.55. The highest BCUT2D eigenvalue weighted by molar-refractivity contribution is 6.68. The van der Waals surface area contributed by atoms with Crippen LogP contribution >= 0.6 is 34.8 Å². The molecule has 0 saturated heterocycles. The van der Waals surface area contributed by atoms with Crippen molar-refractivity contribution in [3.05, 3.63) is 29.3 Å². The van der Waals surface area contributed by atoms with Crippen molar-refractivity contribution in [3.63, 3.8) is 0 Å². The zero-order valence-electron chi connectivity index (χ0n) is 12.6. The van der Waals surface area contributed by atoms with E-state index >= 15 is 0 Å². The minimum atomic E-state index is -1.65. The van der Waals surface area contributed by atoms with Crippen LogP contribution in [0.3, 0.4) is 0 Å². The fourth-order valence-corrected chi connectivity index (χ4v) is 2.30. The van der Waals surface area contributed by atoms with Crippen molar-refractivity contribution in [3.8, 4) is 0 Å². The Bertz CT molecular complexity index is 478. The van der Waals surface area contributed by atoms with Gasteiger partial charge in [0.25, 0.3) is 0 Å². The molecular weight excluding hydrogens is 331 g/mol. The van der Waals surface area contributed by atoms with Crippen LogP contribution in [0.4, 0.5) is 5.69 Å². The van der Waals surface area contributed by atoms with Crippen molar-refractivity contribution in [1.29, 1.82) is 0 Å². The third-order valence-electron chi connectivity index (χ3n) is 3.00. The lowest BCUT2D eigenvalue weighted by Gasteiger charge is -2.29. The second kappa shape index (κ2) is 7.57. The van der Waals surface area contributed by atoms with Crippen molar-refractivity contribution in [1.82, 2.24) is 5.32 Å². The molecule has 3 nitrogen and oxygen atoms in total. The number of benzene rings is 1. The average Bonchev–Trinajstić information content (AvgIpc) is 2.30. The molecule has 0 fully saturated rings. The van der Waals surface area contributed by atoms with Crippen molar-refractivity contribution < 1.29 is 4.79 Å². The molecule has 1 aromatic rings. The summed E-state index contributed by atoms with van der Waals surface area (Å²) < 4.78 is -1.65. The molecule has 0 spiro atoms. The van der Waals surface area contributed by atoms with Crippen molar-refractivity contribution >= 4 is 46.4 Å². The summed E-state index contributed by atoms with van der Waals surface area (Å²) in [5, 5.41) is 5.88. The van der Waals surface area contributed by atoms with Gasteiger partial charge < -0.3 is 10.6 Å². The van der Waals surface area contributed by atoms with E-state index in [9.17, 15) is 4.79 Å². The van der Waals surface area contributed by atoms with Gasteiger partial charge in [0, 0.05) is 12.1 Å². The van der Waals surface area contributed by atoms with Crippen LogP contribution in [-0.2, 0) is 4.79 Å². The summed E-state index contributed by atoms with van der Waals surface area (Å²) in [6.07, 6.45) is -0.417. The van der Waals surface area contributed by atoms with Crippen LogP contribution in [-0.4, -0.2) is 15.9 Å². The summed E-state index contributed by atoms with van der Waals surface area (Å²) in [6, 6.07) is 5.87. The molecule has 1 amide bonds. The molecule has 1 atom stereocenters. The van der Waals surface area contributed by atoms with Crippen molar-refractivity contribution in [2.24, 2.45) is 5.92 Å². The average molecular weight is 352 g/mol. The Morgan fingerprint density at radius 3 is 2.14 bits per heavy atom. The van der Waals surface area contributed by atoms with E-state index in [1.165, 1.54) is 0 Å². The lowest BCUT2D eigenvalue weighted by atomic mass is 10.1. The zero-order chi connectivity index (χ0) is 16.2. The van der Waals surface area contributed by atoms with E-state index in [-0.39, 0.29) is 11.8 Å². The van der Waals surface area contributed by atoms with Gasteiger partial charge in [-0.3, -0.25) is 4.79 Å². The summed E-state index contributed by atoms with van der Waals surface area (Å²) in [6.45, 7) is 7.84. The van der Waals surface area contributed by atoms with Gasteiger partial charge in [0.1, 0.15) is 6.17 Å². The highest BCUT2D eigenvalue weighted by atomic mass is 35.6. The summed E-state index contributed by atoms with van der Waals surface area (Å²) in [4.78, 5) is 11.9. The molecule has 0 aliphatic carbocycles. The van der Waals surface area contributed by atoms with Gasteiger partial charge in [-0.1, -0.05) is 66.8 Å². The fraction of sp³-hybridized carbons (Fsp3) is 0.533. The van der Waals surface area contributed by atoms with Crippen LogP contribution in [0, 0.1) is 19.8 Å². The van der Waals surface area contributed by atoms with E-state index < -0.39 is 9.96 Å². The number of amides is 1. The van der Waals surface area contributed by atoms with Gasteiger partial charge >= 0.3 is 0 Å². The Balaban J connectivity index is 2.92. The number of aryl methyl sites for hydroxylation is 2. The van der Waals surface area contributed by atoms with Crippen molar-refractivity contribution in [2.75, 3.05) is 5.32 Å². The van der Waals surface area contributed by atoms with E-state index in [0.29, 0.717) is 6.42 Å². The summed E-state index contributed by atoms with van der Waals surface area (Å²) in [7, 11) is 0. The van der Waals surface area contributed by atoms with Gasteiger partial charge in [-0.05, 0) is 30.9 Å². The zero-order valence-corrected chi connectivity index (χ0v) is 14.9. The van der Waals surface area contributed by atoms with Crippen LogP contribution < -0.4 is 10.6 Å². The van der Waals surface area contributed by atoms with Crippen LogP contribution in [0.2, 0.25) is 0 Å². The van der Waals surface area contributed by atoms with E-state index in [1.54, 1.807) is 0 Å². The summed E-state index contributed by atoms with van der Waals surface area (Å²) in [5.74, 6) is 0.0845. The van der Waals surface area contributed by atoms with Crippen LogP contribution in [0.25, 0.3) is 0 Å². The van der Waals surface area contributed by atoms with Crippen LogP contribution in [0.5, 0.6) is 0 Å². The summed E-state index contributed by atoms with van der Waals surface area (Å²) in [5.41, 5.74) is 2.90. The molecule has 0 heterocycles. The van der Waals surface area contributed by atoms with E-state index in [2.05, 4.69) is 10.6 Å². The van der Waals surface area contributed by atoms with E-state index in [4.69, 9.17) is 34.8 Å². The minimum absolute atomic E-state index is 0.153. The molecule has 0 aromatic heterocycles. The predicted molar refractivity (Wildman–Crippen MR) is 91.2 cm³/mol. The van der Waals surface area contributed by atoms with E-state index in [0.717, 1.165) is 16.8 Å². The van der Waals surface area contributed by atoms with Gasteiger partial charge in [-0.15, -0.1) is 0 Å². The number of hydrogen-bond acceptors (Lipinski definition) is 2. The molecule has 1 aromatic carbocycles. The standard InChI is InChI=1S/C15H21Cl3N2O/c1-9(2)8-12(21)19-14(15(16,17)18)20-13-10(3)6-5-7-11(13)4/h5-7,9,14,20H,8H2,1-4H3,(H,19,21)/t14-/m0/s1. The number of anilines is 1. The first-order valence-corrected chi connectivity index (χ1v) is 7.93. The Hall–Kier alpha value is -0.640. The Kier molecular flexibility index (Phi) is 6.64. The van der Waals surface area contributed by atoms with Crippen LogP contribution in [0.1, 0.15) is 31.4 Å². The maximum absolute atomic E-state index is 11.9. The first kappa shape index (κ1) is 18.4. The van der Waals surface area contributed by atoms with Gasteiger partial charge in [-0.2, -0.15) is 0 Å². The number of carbonyl (C=O) groups is 1. The number of halogens is 3. The number of carbonyl (C=O) groups excluding carboxylic acids is 1. The molecule has 118 valence electrons. The van der Waals surface area contributed by atoms with Gasteiger partial charge in [0.05, 0.1) is 0 Å². The monoisotopic (exact) mass is 350 g/mol. The molecule has 0 radical (unpaired) electrons. The lowest BCUT2D eigenvalue weighted by Crippen LogP contribution is -2.49. The fourth-order valence-electron chi connectivity index (χ4n) is 1.98. The number of hydrogen-bond donors (Lipinski definition) is 2. The molecule has 0 unspecified atom stereocenters. The normalized spacial score (nSPS) is 13.1. The minimum Gasteiger partial charge on any atom is -0.361 e. The van der Waals surface area contributed by atoms with Crippen molar-refractivity contribution in [2.45, 2.75) is 44.1 Å². The maximum atomic E-state index is 11.9. The van der Waals surface area contributed by atoms with Gasteiger partial charge in [0.2, 0.25) is 9.70 Å². The topological polar surface area (TPSA) is 41.1 Å². The number of alkyl halides is 3. The lowest BCUT2D eigenvalue weighted by molar-refractivity contribution is -0.122. The van der Waals surface area contributed by atoms with Gasteiger partial charge in [-0.25, -0.2) is 0 Å². The molecule has 0 aliphatic rings. The molecule has 0 saturated carbocycles. The second-order valence-corrected chi connectivity index (χ2v) is 7.92. The molecule has 0 bridgehead atoms. The Labute approximate surface area is 141 Å². The molecule has 0 aliphatic heterocycles. The molecule has 2 N–H and O–H groups in total.